The summed E-state index contributed by atoms with van der Waals surface area (Å²) in [5.41, 5.74) is 1.53. The SMILES string of the molecule is Cc1cc(C)c2nc(NC(=O)c3cc([N+](=O)[O-])c(C)c([N+](=O)[O-])c3)sc2c1. The van der Waals surface area contributed by atoms with Gasteiger partial charge in [0.2, 0.25) is 0 Å². The molecule has 0 saturated carbocycles. The van der Waals surface area contributed by atoms with Gasteiger partial charge in [-0.25, -0.2) is 4.98 Å². The number of aryl methyl sites for hydroxylation is 2. The highest BCUT2D eigenvalue weighted by atomic mass is 32.1. The summed E-state index contributed by atoms with van der Waals surface area (Å²) in [4.78, 5) is 37.7. The van der Waals surface area contributed by atoms with Crippen molar-refractivity contribution in [1.82, 2.24) is 4.98 Å². The van der Waals surface area contributed by atoms with Crippen LogP contribution in [0.2, 0.25) is 0 Å². The van der Waals surface area contributed by atoms with E-state index in [1.165, 1.54) is 18.3 Å². The summed E-state index contributed by atoms with van der Waals surface area (Å²) in [5.74, 6) is -0.699. The molecule has 27 heavy (non-hydrogen) atoms. The van der Waals surface area contributed by atoms with Gasteiger partial charge in [0.25, 0.3) is 17.3 Å². The molecule has 1 amide bonds. The zero-order chi connectivity index (χ0) is 19.9. The van der Waals surface area contributed by atoms with Crippen LogP contribution in [0, 0.1) is 41.0 Å². The molecule has 1 heterocycles. The molecule has 0 radical (unpaired) electrons. The molecular weight excluding hydrogens is 372 g/mol. The summed E-state index contributed by atoms with van der Waals surface area (Å²) in [6, 6.07) is 5.97. The van der Waals surface area contributed by atoms with Crippen LogP contribution in [0.4, 0.5) is 16.5 Å². The maximum Gasteiger partial charge on any atom is 0.279 e. The van der Waals surface area contributed by atoms with E-state index in [9.17, 15) is 25.0 Å². The average molecular weight is 386 g/mol. The number of nitrogens with zero attached hydrogens (tertiary/aromatic N) is 3. The van der Waals surface area contributed by atoms with Crippen molar-refractivity contribution < 1.29 is 14.6 Å². The van der Waals surface area contributed by atoms with E-state index in [1.54, 1.807) is 0 Å². The number of nitrogens with one attached hydrogen (secondary N) is 1. The number of thiazole rings is 1. The van der Waals surface area contributed by atoms with Gasteiger partial charge in [0.1, 0.15) is 5.56 Å². The van der Waals surface area contributed by atoms with Crippen molar-refractivity contribution >= 4 is 44.0 Å². The van der Waals surface area contributed by atoms with Crippen molar-refractivity contribution in [3.05, 3.63) is 66.7 Å². The number of anilines is 1. The first-order chi connectivity index (χ1) is 12.7. The van der Waals surface area contributed by atoms with Crippen LogP contribution in [0.5, 0.6) is 0 Å². The van der Waals surface area contributed by atoms with Crippen molar-refractivity contribution in [2.75, 3.05) is 5.32 Å². The Morgan fingerprint density at radius 2 is 1.63 bits per heavy atom. The summed E-state index contributed by atoms with van der Waals surface area (Å²) >= 11 is 1.26. The first kappa shape index (κ1) is 18.4. The second kappa shape index (κ2) is 6.72. The fourth-order valence-electron chi connectivity index (χ4n) is 2.79. The molecule has 1 N–H and O–H groups in total. The zero-order valence-corrected chi connectivity index (χ0v) is 15.4. The monoisotopic (exact) mass is 386 g/mol. The number of aromatic nitrogens is 1. The summed E-state index contributed by atoms with van der Waals surface area (Å²) in [7, 11) is 0. The molecule has 138 valence electrons. The molecule has 0 bridgehead atoms. The number of rotatable bonds is 4. The van der Waals surface area contributed by atoms with Crippen molar-refractivity contribution in [1.29, 1.82) is 0 Å². The highest BCUT2D eigenvalue weighted by Gasteiger charge is 2.25. The Bertz CT molecular complexity index is 1090. The van der Waals surface area contributed by atoms with Crippen LogP contribution in [0.15, 0.2) is 24.3 Å². The van der Waals surface area contributed by atoms with Gasteiger partial charge in [0.15, 0.2) is 5.13 Å². The molecule has 0 saturated heterocycles. The molecule has 0 aliphatic heterocycles. The van der Waals surface area contributed by atoms with Crippen molar-refractivity contribution in [3.63, 3.8) is 0 Å². The third-order valence-corrected chi connectivity index (χ3v) is 4.98. The van der Waals surface area contributed by atoms with Gasteiger partial charge in [-0.2, -0.15) is 0 Å². The van der Waals surface area contributed by atoms with E-state index in [0.29, 0.717) is 5.13 Å². The van der Waals surface area contributed by atoms with Crippen molar-refractivity contribution in [2.24, 2.45) is 0 Å². The summed E-state index contributed by atoms with van der Waals surface area (Å²) in [6.07, 6.45) is 0. The van der Waals surface area contributed by atoms with E-state index < -0.39 is 27.1 Å². The minimum Gasteiger partial charge on any atom is -0.298 e. The summed E-state index contributed by atoms with van der Waals surface area (Å²) in [6.45, 7) is 5.14. The van der Waals surface area contributed by atoms with E-state index in [-0.39, 0.29) is 11.1 Å². The molecule has 10 heteroatoms. The lowest BCUT2D eigenvalue weighted by molar-refractivity contribution is -0.395. The van der Waals surface area contributed by atoms with Gasteiger partial charge in [0, 0.05) is 12.1 Å². The average Bonchev–Trinajstić information content (AvgIpc) is 2.96. The lowest BCUT2D eigenvalue weighted by Crippen LogP contribution is -2.13. The normalized spacial score (nSPS) is 10.8. The highest BCUT2D eigenvalue weighted by molar-refractivity contribution is 7.22. The van der Waals surface area contributed by atoms with E-state index in [0.717, 1.165) is 33.5 Å². The fourth-order valence-corrected chi connectivity index (χ4v) is 3.82. The van der Waals surface area contributed by atoms with Crippen LogP contribution in [0.25, 0.3) is 10.2 Å². The molecule has 1 aromatic heterocycles. The standard InChI is InChI=1S/C17H14N4O5S/c1-8-4-9(2)15-14(5-8)27-17(18-15)19-16(22)11-6-12(20(23)24)10(3)13(7-11)21(25)26/h4-7H,1-3H3,(H,18,19,22). The number of carbonyl (C=O) groups is 1. The number of hydrogen-bond donors (Lipinski definition) is 1. The molecule has 0 unspecified atom stereocenters. The van der Waals surface area contributed by atoms with Crippen LogP contribution in [-0.2, 0) is 0 Å². The molecule has 0 spiro atoms. The maximum absolute atomic E-state index is 12.5. The molecule has 2 aromatic carbocycles. The highest BCUT2D eigenvalue weighted by Crippen LogP contribution is 2.32. The van der Waals surface area contributed by atoms with Crippen LogP contribution in [0.1, 0.15) is 27.0 Å². The van der Waals surface area contributed by atoms with Gasteiger partial charge in [-0.05, 0) is 38.0 Å². The fraction of sp³-hybridized carbons (Fsp3) is 0.176. The van der Waals surface area contributed by atoms with Gasteiger partial charge in [-0.3, -0.25) is 30.3 Å². The molecule has 3 rings (SSSR count). The molecule has 3 aromatic rings. The number of carbonyl (C=O) groups excluding carboxylic acids is 1. The van der Waals surface area contributed by atoms with E-state index in [1.807, 2.05) is 26.0 Å². The Morgan fingerprint density at radius 3 is 2.19 bits per heavy atom. The molecule has 0 aliphatic rings. The minimum atomic E-state index is -0.747. The maximum atomic E-state index is 12.5. The van der Waals surface area contributed by atoms with Crippen LogP contribution < -0.4 is 5.32 Å². The van der Waals surface area contributed by atoms with E-state index >= 15 is 0 Å². The first-order valence-corrected chi connectivity index (χ1v) is 8.61. The Morgan fingerprint density at radius 1 is 1.04 bits per heavy atom. The molecule has 9 nitrogen and oxygen atoms in total. The predicted molar refractivity (Wildman–Crippen MR) is 102 cm³/mol. The second-order valence-corrected chi connectivity index (χ2v) is 7.09. The molecule has 0 atom stereocenters. The Kier molecular flexibility index (Phi) is 4.58. The largest absolute Gasteiger partial charge is 0.298 e. The number of amides is 1. The Labute approximate surface area is 157 Å². The number of nitro benzene ring substituents is 2. The van der Waals surface area contributed by atoms with E-state index in [2.05, 4.69) is 10.3 Å². The molecular formula is C17H14N4O5S. The third kappa shape index (κ3) is 3.47. The topological polar surface area (TPSA) is 128 Å². The third-order valence-electron chi connectivity index (χ3n) is 4.06. The Balaban J connectivity index is 2.00. The minimum absolute atomic E-state index is 0.104. The second-order valence-electron chi connectivity index (χ2n) is 6.06. The summed E-state index contributed by atoms with van der Waals surface area (Å²) in [5, 5.41) is 25.2. The zero-order valence-electron chi connectivity index (χ0n) is 14.6. The quantitative estimate of drug-likeness (QED) is 0.526. The number of benzene rings is 2. The lowest BCUT2D eigenvalue weighted by atomic mass is 10.1. The van der Waals surface area contributed by atoms with Crippen molar-refractivity contribution in [3.8, 4) is 0 Å². The number of nitro groups is 2. The summed E-state index contributed by atoms with van der Waals surface area (Å²) < 4.78 is 0.892. The van der Waals surface area contributed by atoms with Crippen LogP contribution in [0.3, 0.4) is 0 Å². The first-order valence-electron chi connectivity index (χ1n) is 7.80. The van der Waals surface area contributed by atoms with Gasteiger partial charge in [-0.15, -0.1) is 0 Å². The molecule has 0 fully saturated rings. The molecule has 0 aliphatic carbocycles. The smallest absolute Gasteiger partial charge is 0.279 e. The van der Waals surface area contributed by atoms with E-state index in [4.69, 9.17) is 0 Å². The van der Waals surface area contributed by atoms with Crippen LogP contribution >= 0.6 is 11.3 Å². The van der Waals surface area contributed by atoms with Crippen LogP contribution in [-0.4, -0.2) is 20.7 Å². The lowest BCUT2D eigenvalue weighted by Gasteiger charge is -2.04. The van der Waals surface area contributed by atoms with Gasteiger partial charge in [0.05, 0.1) is 25.6 Å². The van der Waals surface area contributed by atoms with Crippen molar-refractivity contribution in [2.45, 2.75) is 20.8 Å². The van der Waals surface area contributed by atoms with Gasteiger partial charge < -0.3 is 0 Å². The number of hydrogen-bond acceptors (Lipinski definition) is 7. The Hall–Kier alpha value is -3.40. The van der Waals surface area contributed by atoms with Gasteiger partial charge >= 0.3 is 0 Å². The predicted octanol–water partition coefficient (Wildman–Crippen LogP) is 4.29. The van der Waals surface area contributed by atoms with Gasteiger partial charge in [-0.1, -0.05) is 17.4 Å². The number of fused-ring (bicyclic) bond motifs is 1.